The Kier molecular flexibility index (Phi) is 10.3. The number of rotatable bonds is 7. The van der Waals surface area contributed by atoms with E-state index in [2.05, 4.69) is 30.7 Å². The molecule has 3 rings (SSSR count). The molecule has 0 unspecified atom stereocenters. The van der Waals surface area contributed by atoms with E-state index in [0.29, 0.717) is 44.0 Å². The van der Waals surface area contributed by atoms with Crippen LogP contribution in [0.4, 0.5) is 5.69 Å². The van der Waals surface area contributed by atoms with Crippen molar-refractivity contribution in [2.45, 2.75) is 33.2 Å². The van der Waals surface area contributed by atoms with Crippen LogP contribution in [0.25, 0.3) is 0 Å². The first-order valence-electron chi connectivity index (χ1n) is 13.0. The molecule has 0 fully saturated rings. The van der Waals surface area contributed by atoms with E-state index in [4.69, 9.17) is 4.74 Å². The first-order chi connectivity index (χ1) is 17.2. The largest absolute Gasteiger partial charge is 0.492 e. The summed E-state index contributed by atoms with van der Waals surface area (Å²) in [5, 5.41) is 0. The van der Waals surface area contributed by atoms with Crippen molar-refractivity contribution in [1.82, 2.24) is 14.7 Å². The highest BCUT2D eigenvalue weighted by molar-refractivity contribution is 5.96. The molecule has 0 spiro atoms. The van der Waals surface area contributed by atoms with E-state index >= 15 is 0 Å². The Labute approximate surface area is 216 Å². The van der Waals surface area contributed by atoms with Crippen molar-refractivity contribution in [3.63, 3.8) is 0 Å². The molecule has 36 heavy (non-hydrogen) atoms. The van der Waals surface area contributed by atoms with Gasteiger partial charge in [0, 0.05) is 50.4 Å². The van der Waals surface area contributed by atoms with Gasteiger partial charge >= 0.3 is 0 Å². The van der Waals surface area contributed by atoms with E-state index < -0.39 is 0 Å². The third-order valence-corrected chi connectivity index (χ3v) is 6.38. The Morgan fingerprint density at radius 2 is 1.78 bits per heavy atom. The third kappa shape index (κ3) is 8.07. The smallest absolute Gasteiger partial charge is 0.254 e. The van der Waals surface area contributed by atoms with E-state index in [0.717, 1.165) is 37.3 Å². The van der Waals surface area contributed by atoms with Crippen LogP contribution in [-0.2, 0) is 11.3 Å². The van der Waals surface area contributed by atoms with Gasteiger partial charge in [0.2, 0.25) is 5.91 Å². The second kappa shape index (κ2) is 13.4. The summed E-state index contributed by atoms with van der Waals surface area (Å²) in [5.74, 6) is 1.09. The lowest BCUT2D eigenvalue weighted by molar-refractivity contribution is -0.119. The molecule has 2 aromatic carbocycles. The molecular formula is C29H42N4O3. The maximum Gasteiger partial charge on any atom is 0.254 e. The zero-order valence-electron chi connectivity index (χ0n) is 22.6. The molecule has 0 aromatic heterocycles. The predicted molar refractivity (Wildman–Crippen MR) is 146 cm³/mol. The van der Waals surface area contributed by atoms with Crippen LogP contribution in [0, 0.1) is 5.92 Å². The average molecular weight is 495 g/mol. The molecule has 0 bridgehead atoms. The van der Waals surface area contributed by atoms with E-state index in [9.17, 15) is 9.59 Å². The molecule has 1 aliphatic heterocycles. The summed E-state index contributed by atoms with van der Waals surface area (Å²) in [5.41, 5.74) is 2.51. The SMILES string of the molecule is CC(C)CC(=O)N1CCCN(C)CCN(C(=O)c2cccc(OCCN(C)C)c2)Cc2ccccc21. The van der Waals surface area contributed by atoms with Gasteiger partial charge in [0.1, 0.15) is 12.4 Å². The van der Waals surface area contributed by atoms with Gasteiger partial charge in [0.25, 0.3) is 5.91 Å². The van der Waals surface area contributed by atoms with Gasteiger partial charge in [0.05, 0.1) is 0 Å². The molecular weight excluding hydrogens is 452 g/mol. The fourth-order valence-electron chi connectivity index (χ4n) is 4.35. The van der Waals surface area contributed by atoms with Crippen LogP contribution in [-0.4, -0.2) is 87.0 Å². The number of benzene rings is 2. The van der Waals surface area contributed by atoms with E-state index in [1.165, 1.54) is 0 Å². The zero-order chi connectivity index (χ0) is 26.1. The Bertz CT molecular complexity index is 1010. The number of hydrogen-bond acceptors (Lipinski definition) is 5. The first kappa shape index (κ1) is 27.7. The molecule has 0 aliphatic carbocycles. The quantitative estimate of drug-likeness (QED) is 0.583. The number of nitrogens with zero attached hydrogens (tertiary/aromatic N) is 4. The van der Waals surface area contributed by atoms with E-state index in [-0.39, 0.29) is 17.7 Å². The van der Waals surface area contributed by atoms with Crippen molar-refractivity contribution in [2.24, 2.45) is 5.92 Å². The molecule has 2 amide bonds. The lowest BCUT2D eigenvalue weighted by atomic mass is 10.1. The third-order valence-electron chi connectivity index (χ3n) is 6.38. The monoisotopic (exact) mass is 494 g/mol. The average Bonchev–Trinajstić information content (AvgIpc) is 2.86. The summed E-state index contributed by atoms with van der Waals surface area (Å²) in [6, 6.07) is 15.4. The van der Waals surface area contributed by atoms with Crippen LogP contribution in [0.3, 0.4) is 0 Å². The van der Waals surface area contributed by atoms with Crippen molar-refractivity contribution < 1.29 is 14.3 Å². The van der Waals surface area contributed by atoms with Crippen LogP contribution >= 0.6 is 0 Å². The molecule has 0 atom stereocenters. The summed E-state index contributed by atoms with van der Waals surface area (Å²) >= 11 is 0. The number of likely N-dealkylation sites (N-methyl/N-ethyl adjacent to an activating group) is 2. The fourth-order valence-corrected chi connectivity index (χ4v) is 4.35. The van der Waals surface area contributed by atoms with Crippen LogP contribution in [0.2, 0.25) is 0 Å². The summed E-state index contributed by atoms with van der Waals surface area (Å²) in [6.45, 7) is 8.87. The molecule has 0 N–H and O–H groups in total. The predicted octanol–water partition coefficient (Wildman–Crippen LogP) is 3.98. The number of anilines is 1. The second-order valence-corrected chi connectivity index (χ2v) is 10.3. The van der Waals surface area contributed by atoms with Crippen LogP contribution < -0.4 is 9.64 Å². The highest BCUT2D eigenvalue weighted by Gasteiger charge is 2.24. The van der Waals surface area contributed by atoms with Gasteiger partial charge in [-0.25, -0.2) is 0 Å². The highest BCUT2D eigenvalue weighted by Crippen LogP contribution is 2.26. The molecule has 0 saturated heterocycles. The Morgan fingerprint density at radius 3 is 2.53 bits per heavy atom. The number of fused-ring (bicyclic) bond motifs is 1. The standard InChI is InChI=1S/C29H42N4O3/c1-23(2)20-28(34)33-15-9-14-31(5)16-17-32(22-25-10-6-7-13-27(25)33)29(35)24-11-8-12-26(21-24)36-19-18-30(3)4/h6-8,10-13,21,23H,9,14-20,22H2,1-5H3. The molecule has 1 heterocycles. The topological polar surface area (TPSA) is 56.3 Å². The van der Waals surface area contributed by atoms with E-state index in [1.807, 2.05) is 72.4 Å². The molecule has 7 nitrogen and oxygen atoms in total. The van der Waals surface area contributed by atoms with Gasteiger partial charge in [0.15, 0.2) is 0 Å². The number of ether oxygens (including phenoxy) is 1. The Morgan fingerprint density at radius 1 is 1.00 bits per heavy atom. The molecule has 1 aliphatic rings. The molecule has 196 valence electrons. The van der Waals surface area contributed by atoms with Crippen molar-refractivity contribution in [3.05, 3.63) is 59.7 Å². The van der Waals surface area contributed by atoms with Gasteiger partial charge < -0.3 is 24.3 Å². The number of carbonyl (C=O) groups excluding carboxylic acids is 2. The molecule has 7 heteroatoms. The normalized spacial score (nSPS) is 15.5. The minimum absolute atomic E-state index is 0.0319. The second-order valence-electron chi connectivity index (χ2n) is 10.3. The Hall–Kier alpha value is -2.90. The fraction of sp³-hybridized carbons (Fsp3) is 0.517. The maximum absolute atomic E-state index is 13.7. The Balaban J connectivity index is 1.88. The van der Waals surface area contributed by atoms with Gasteiger partial charge in [-0.1, -0.05) is 38.1 Å². The number of carbonyl (C=O) groups is 2. The highest BCUT2D eigenvalue weighted by atomic mass is 16.5. The zero-order valence-corrected chi connectivity index (χ0v) is 22.6. The lowest BCUT2D eigenvalue weighted by Crippen LogP contribution is -2.37. The number of para-hydroxylation sites is 1. The van der Waals surface area contributed by atoms with Crippen molar-refractivity contribution >= 4 is 17.5 Å². The molecule has 2 aromatic rings. The van der Waals surface area contributed by atoms with Gasteiger partial charge in [-0.3, -0.25) is 9.59 Å². The lowest BCUT2D eigenvalue weighted by Gasteiger charge is -2.28. The number of amides is 2. The van der Waals surface area contributed by atoms with E-state index in [1.54, 1.807) is 0 Å². The molecule has 0 radical (unpaired) electrons. The minimum Gasteiger partial charge on any atom is -0.492 e. The summed E-state index contributed by atoms with van der Waals surface area (Å²) < 4.78 is 5.87. The van der Waals surface area contributed by atoms with Crippen molar-refractivity contribution in [1.29, 1.82) is 0 Å². The van der Waals surface area contributed by atoms with Crippen LogP contribution in [0.1, 0.15) is 42.6 Å². The van der Waals surface area contributed by atoms with Crippen LogP contribution in [0.15, 0.2) is 48.5 Å². The molecule has 0 saturated carbocycles. The summed E-state index contributed by atoms with van der Waals surface area (Å²) in [6.07, 6.45) is 1.39. The van der Waals surface area contributed by atoms with Crippen molar-refractivity contribution in [3.8, 4) is 5.75 Å². The summed E-state index contributed by atoms with van der Waals surface area (Å²) in [4.78, 5) is 35.1. The van der Waals surface area contributed by atoms with Gasteiger partial charge in [-0.2, -0.15) is 0 Å². The van der Waals surface area contributed by atoms with Gasteiger partial charge in [-0.15, -0.1) is 0 Å². The summed E-state index contributed by atoms with van der Waals surface area (Å²) in [7, 11) is 6.09. The van der Waals surface area contributed by atoms with Gasteiger partial charge in [-0.05, 0) is 69.9 Å². The van der Waals surface area contributed by atoms with Crippen molar-refractivity contribution in [2.75, 3.05) is 65.4 Å². The minimum atomic E-state index is -0.0319. The van der Waals surface area contributed by atoms with Crippen LogP contribution in [0.5, 0.6) is 5.75 Å². The number of hydrogen-bond donors (Lipinski definition) is 0. The first-order valence-corrected chi connectivity index (χ1v) is 13.0. The maximum atomic E-state index is 13.7.